The maximum Gasteiger partial charge on any atom is 0.317 e. The van der Waals surface area contributed by atoms with Gasteiger partial charge in [0.1, 0.15) is 0 Å². The minimum absolute atomic E-state index is 0.0341. The SMILES string of the molecule is O=C(O)CN1CCN(C(=O)NCc2ccccc2Br)CC1. The standard InChI is InChI=1S/C14H18BrN3O3/c15-12-4-2-1-3-11(12)9-16-14(21)18-7-5-17(6-8-18)10-13(19)20/h1-4H,5-10H2,(H,16,21)(H,19,20). The third-order valence-electron chi connectivity index (χ3n) is 3.41. The Hall–Kier alpha value is -1.60. The Morgan fingerprint density at radius 1 is 1.19 bits per heavy atom. The van der Waals surface area contributed by atoms with Gasteiger partial charge in [-0.05, 0) is 11.6 Å². The maximum atomic E-state index is 12.1. The van der Waals surface area contributed by atoms with Gasteiger partial charge in [-0.25, -0.2) is 4.79 Å². The Morgan fingerprint density at radius 3 is 2.48 bits per heavy atom. The number of amides is 2. The van der Waals surface area contributed by atoms with E-state index in [-0.39, 0.29) is 12.6 Å². The molecule has 0 atom stereocenters. The number of carboxylic acid groups (broad SMARTS) is 1. The lowest BCUT2D eigenvalue weighted by Crippen LogP contribution is -2.52. The minimum Gasteiger partial charge on any atom is -0.480 e. The lowest BCUT2D eigenvalue weighted by Gasteiger charge is -2.33. The van der Waals surface area contributed by atoms with E-state index in [0.29, 0.717) is 32.7 Å². The fourth-order valence-corrected chi connectivity index (χ4v) is 2.65. The molecule has 1 aromatic rings. The van der Waals surface area contributed by atoms with Crippen LogP contribution in [0.5, 0.6) is 0 Å². The Labute approximate surface area is 131 Å². The van der Waals surface area contributed by atoms with Gasteiger partial charge in [-0.15, -0.1) is 0 Å². The number of benzene rings is 1. The van der Waals surface area contributed by atoms with E-state index in [1.54, 1.807) is 4.90 Å². The van der Waals surface area contributed by atoms with E-state index in [2.05, 4.69) is 21.2 Å². The number of carbonyl (C=O) groups excluding carboxylic acids is 1. The summed E-state index contributed by atoms with van der Waals surface area (Å²) >= 11 is 3.45. The molecule has 1 heterocycles. The molecule has 2 amide bonds. The van der Waals surface area contributed by atoms with Gasteiger partial charge in [0.15, 0.2) is 0 Å². The third kappa shape index (κ3) is 4.71. The fourth-order valence-electron chi connectivity index (χ4n) is 2.22. The molecule has 1 aliphatic heterocycles. The molecule has 1 aromatic carbocycles. The highest BCUT2D eigenvalue weighted by Crippen LogP contribution is 2.15. The van der Waals surface area contributed by atoms with Crippen molar-refractivity contribution < 1.29 is 14.7 Å². The predicted molar refractivity (Wildman–Crippen MR) is 82.0 cm³/mol. The van der Waals surface area contributed by atoms with Crippen LogP contribution in [0, 0.1) is 0 Å². The van der Waals surface area contributed by atoms with Crippen molar-refractivity contribution in [3.8, 4) is 0 Å². The van der Waals surface area contributed by atoms with Crippen LogP contribution in [0.1, 0.15) is 5.56 Å². The Kier molecular flexibility index (Phi) is 5.58. The van der Waals surface area contributed by atoms with E-state index >= 15 is 0 Å². The third-order valence-corrected chi connectivity index (χ3v) is 4.18. The summed E-state index contributed by atoms with van der Waals surface area (Å²) in [4.78, 5) is 26.3. The van der Waals surface area contributed by atoms with Crippen molar-refractivity contribution in [2.75, 3.05) is 32.7 Å². The van der Waals surface area contributed by atoms with Crippen LogP contribution < -0.4 is 5.32 Å². The van der Waals surface area contributed by atoms with E-state index in [1.807, 2.05) is 29.2 Å². The summed E-state index contributed by atoms with van der Waals surface area (Å²) in [5.74, 6) is -0.832. The van der Waals surface area contributed by atoms with Crippen molar-refractivity contribution in [2.24, 2.45) is 0 Å². The molecule has 21 heavy (non-hydrogen) atoms. The summed E-state index contributed by atoms with van der Waals surface area (Å²) in [5.41, 5.74) is 1.02. The van der Waals surface area contributed by atoms with Crippen molar-refractivity contribution in [3.05, 3.63) is 34.3 Å². The topological polar surface area (TPSA) is 72.9 Å². The first-order valence-corrected chi connectivity index (χ1v) is 7.56. The van der Waals surface area contributed by atoms with Gasteiger partial charge >= 0.3 is 12.0 Å². The highest BCUT2D eigenvalue weighted by Gasteiger charge is 2.21. The van der Waals surface area contributed by atoms with Gasteiger partial charge in [0.2, 0.25) is 0 Å². The predicted octanol–water partition coefficient (Wildman–Crippen LogP) is 1.36. The van der Waals surface area contributed by atoms with Gasteiger partial charge in [-0.2, -0.15) is 0 Å². The molecule has 2 rings (SSSR count). The van der Waals surface area contributed by atoms with Crippen molar-refractivity contribution in [2.45, 2.75) is 6.54 Å². The lowest BCUT2D eigenvalue weighted by atomic mass is 10.2. The number of rotatable bonds is 4. The molecule has 1 fully saturated rings. The molecule has 1 saturated heterocycles. The van der Waals surface area contributed by atoms with Crippen LogP contribution in [-0.2, 0) is 11.3 Å². The van der Waals surface area contributed by atoms with Crippen LogP contribution in [0.4, 0.5) is 4.79 Å². The molecule has 0 aromatic heterocycles. The molecule has 1 aliphatic rings. The van der Waals surface area contributed by atoms with Crippen LogP contribution in [0.25, 0.3) is 0 Å². The van der Waals surface area contributed by atoms with Gasteiger partial charge in [-0.1, -0.05) is 34.1 Å². The number of halogens is 1. The summed E-state index contributed by atoms with van der Waals surface area (Å²) in [7, 11) is 0. The van der Waals surface area contributed by atoms with Crippen LogP contribution in [0.15, 0.2) is 28.7 Å². The monoisotopic (exact) mass is 355 g/mol. The molecule has 0 bridgehead atoms. The second-order valence-corrected chi connectivity index (χ2v) is 5.76. The van der Waals surface area contributed by atoms with Gasteiger partial charge in [0.05, 0.1) is 6.54 Å². The molecule has 0 saturated carbocycles. The van der Waals surface area contributed by atoms with E-state index in [9.17, 15) is 9.59 Å². The molecule has 6 nitrogen and oxygen atoms in total. The Balaban J connectivity index is 1.77. The number of aliphatic carboxylic acids is 1. The lowest BCUT2D eigenvalue weighted by molar-refractivity contribution is -0.138. The average Bonchev–Trinajstić information content (AvgIpc) is 2.46. The molecular formula is C14H18BrN3O3. The molecule has 114 valence electrons. The number of carboxylic acids is 1. The normalized spacial score (nSPS) is 15.8. The number of hydrogen-bond acceptors (Lipinski definition) is 3. The zero-order valence-corrected chi connectivity index (χ0v) is 13.2. The van der Waals surface area contributed by atoms with Crippen LogP contribution in [0.3, 0.4) is 0 Å². The summed E-state index contributed by atoms with van der Waals surface area (Å²) in [6, 6.07) is 7.63. The summed E-state index contributed by atoms with van der Waals surface area (Å²) < 4.78 is 0.969. The maximum absolute atomic E-state index is 12.1. The summed E-state index contributed by atoms with van der Waals surface area (Å²) in [6.45, 7) is 2.79. The van der Waals surface area contributed by atoms with E-state index < -0.39 is 5.97 Å². The zero-order valence-electron chi connectivity index (χ0n) is 11.6. The molecule has 0 spiro atoms. The highest BCUT2D eigenvalue weighted by molar-refractivity contribution is 9.10. The van der Waals surface area contributed by atoms with Gasteiger partial charge in [-0.3, -0.25) is 9.69 Å². The average molecular weight is 356 g/mol. The second-order valence-electron chi connectivity index (χ2n) is 4.91. The number of carbonyl (C=O) groups is 2. The fraction of sp³-hybridized carbons (Fsp3) is 0.429. The first kappa shape index (κ1) is 15.8. The van der Waals surface area contributed by atoms with Crippen molar-refractivity contribution >= 4 is 27.9 Å². The first-order chi connectivity index (χ1) is 10.1. The van der Waals surface area contributed by atoms with Gasteiger partial charge < -0.3 is 15.3 Å². The molecular weight excluding hydrogens is 338 g/mol. The van der Waals surface area contributed by atoms with E-state index in [4.69, 9.17) is 5.11 Å². The number of nitrogens with one attached hydrogen (secondary N) is 1. The highest BCUT2D eigenvalue weighted by atomic mass is 79.9. The van der Waals surface area contributed by atoms with Crippen molar-refractivity contribution in [3.63, 3.8) is 0 Å². The number of urea groups is 1. The van der Waals surface area contributed by atoms with E-state index in [1.165, 1.54) is 0 Å². The van der Waals surface area contributed by atoms with Gasteiger partial charge in [0, 0.05) is 37.2 Å². The van der Waals surface area contributed by atoms with Crippen LogP contribution in [0.2, 0.25) is 0 Å². The summed E-state index contributed by atoms with van der Waals surface area (Å²) in [5, 5.41) is 11.6. The summed E-state index contributed by atoms with van der Waals surface area (Å²) in [6.07, 6.45) is 0. The quantitative estimate of drug-likeness (QED) is 0.855. The smallest absolute Gasteiger partial charge is 0.317 e. The van der Waals surface area contributed by atoms with Crippen LogP contribution in [-0.4, -0.2) is 59.6 Å². The number of hydrogen-bond donors (Lipinski definition) is 2. The Bertz CT molecular complexity index is 516. The zero-order chi connectivity index (χ0) is 15.2. The number of nitrogens with zero attached hydrogens (tertiary/aromatic N) is 2. The van der Waals surface area contributed by atoms with Crippen LogP contribution >= 0.6 is 15.9 Å². The number of piperazine rings is 1. The molecule has 0 aliphatic carbocycles. The first-order valence-electron chi connectivity index (χ1n) is 6.76. The van der Waals surface area contributed by atoms with Crippen molar-refractivity contribution in [1.29, 1.82) is 0 Å². The van der Waals surface area contributed by atoms with Crippen molar-refractivity contribution in [1.82, 2.24) is 15.1 Å². The molecule has 2 N–H and O–H groups in total. The Morgan fingerprint density at radius 2 is 1.86 bits per heavy atom. The minimum atomic E-state index is -0.832. The molecule has 0 unspecified atom stereocenters. The largest absolute Gasteiger partial charge is 0.480 e. The van der Waals surface area contributed by atoms with E-state index in [0.717, 1.165) is 10.0 Å². The van der Waals surface area contributed by atoms with Gasteiger partial charge in [0.25, 0.3) is 0 Å². The molecule has 7 heteroatoms. The second kappa shape index (κ2) is 7.42. The molecule has 0 radical (unpaired) electrons.